The fourth-order valence-corrected chi connectivity index (χ4v) is 1.33. The Kier molecular flexibility index (Phi) is 4.11. The van der Waals surface area contributed by atoms with E-state index in [1.165, 1.54) is 0 Å². The second-order valence-corrected chi connectivity index (χ2v) is 3.32. The van der Waals surface area contributed by atoms with E-state index in [0.29, 0.717) is 12.5 Å². The van der Waals surface area contributed by atoms with Crippen molar-refractivity contribution in [1.82, 2.24) is 20.1 Å². The van der Waals surface area contributed by atoms with Crippen LogP contribution in [0.15, 0.2) is 17.4 Å². The standard InChI is InChI=1S/C9H18N6/c1-4-11-9(13-10)14(2)6-8-5-12-15(3)7-8/h5,7H,4,6,10H2,1-3H3,(H,11,13). The van der Waals surface area contributed by atoms with Gasteiger partial charge in [-0.2, -0.15) is 5.10 Å². The van der Waals surface area contributed by atoms with Crippen molar-refractivity contribution >= 4 is 5.96 Å². The van der Waals surface area contributed by atoms with Crippen molar-refractivity contribution in [3.8, 4) is 0 Å². The molecule has 0 amide bonds. The summed E-state index contributed by atoms with van der Waals surface area (Å²) in [5, 5.41) is 4.10. The molecule has 6 heteroatoms. The van der Waals surface area contributed by atoms with Gasteiger partial charge >= 0.3 is 0 Å². The Morgan fingerprint density at radius 1 is 1.73 bits per heavy atom. The summed E-state index contributed by atoms with van der Waals surface area (Å²) in [7, 11) is 3.83. The number of nitrogens with zero attached hydrogens (tertiary/aromatic N) is 4. The topological polar surface area (TPSA) is 71.5 Å². The maximum absolute atomic E-state index is 5.38. The zero-order valence-electron chi connectivity index (χ0n) is 9.44. The third kappa shape index (κ3) is 3.25. The van der Waals surface area contributed by atoms with Gasteiger partial charge in [-0.05, 0) is 6.92 Å². The molecule has 0 unspecified atom stereocenters. The zero-order valence-corrected chi connectivity index (χ0v) is 9.44. The quantitative estimate of drug-likeness (QED) is 0.311. The van der Waals surface area contributed by atoms with Gasteiger partial charge in [0.25, 0.3) is 0 Å². The minimum Gasteiger partial charge on any atom is -0.341 e. The molecule has 1 aromatic rings. The first kappa shape index (κ1) is 11.5. The van der Waals surface area contributed by atoms with E-state index < -0.39 is 0 Å². The molecule has 0 aliphatic carbocycles. The van der Waals surface area contributed by atoms with Crippen LogP contribution in [0.1, 0.15) is 12.5 Å². The van der Waals surface area contributed by atoms with Crippen molar-refractivity contribution in [2.24, 2.45) is 17.9 Å². The van der Waals surface area contributed by atoms with E-state index in [1.807, 2.05) is 38.3 Å². The fourth-order valence-electron chi connectivity index (χ4n) is 1.33. The number of hydrogen-bond acceptors (Lipinski definition) is 3. The van der Waals surface area contributed by atoms with Gasteiger partial charge in [-0.3, -0.25) is 15.1 Å². The van der Waals surface area contributed by atoms with E-state index in [-0.39, 0.29) is 0 Å². The smallest absolute Gasteiger partial charge is 0.208 e. The summed E-state index contributed by atoms with van der Waals surface area (Å²) in [6, 6.07) is 0. The summed E-state index contributed by atoms with van der Waals surface area (Å²) < 4.78 is 1.77. The van der Waals surface area contributed by atoms with Crippen LogP contribution in [0, 0.1) is 0 Å². The Labute approximate surface area is 89.7 Å². The Morgan fingerprint density at radius 3 is 2.93 bits per heavy atom. The highest BCUT2D eigenvalue weighted by Gasteiger charge is 2.06. The summed E-state index contributed by atoms with van der Waals surface area (Å²) in [5.41, 5.74) is 3.70. The monoisotopic (exact) mass is 210 g/mol. The lowest BCUT2D eigenvalue weighted by molar-refractivity contribution is 0.477. The summed E-state index contributed by atoms with van der Waals surface area (Å²) in [6.45, 7) is 3.41. The fraction of sp³-hybridized carbons (Fsp3) is 0.556. The van der Waals surface area contributed by atoms with E-state index in [0.717, 1.165) is 12.1 Å². The van der Waals surface area contributed by atoms with Crippen molar-refractivity contribution in [2.45, 2.75) is 13.5 Å². The lowest BCUT2D eigenvalue weighted by atomic mass is 10.3. The highest BCUT2D eigenvalue weighted by molar-refractivity contribution is 5.79. The van der Waals surface area contributed by atoms with Gasteiger partial charge in [0.2, 0.25) is 5.96 Å². The van der Waals surface area contributed by atoms with E-state index in [4.69, 9.17) is 5.84 Å². The molecule has 1 rings (SSSR count). The second-order valence-electron chi connectivity index (χ2n) is 3.32. The van der Waals surface area contributed by atoms with Crippen LogP contribution >= 0.6 is 0 Å². The van der Waals surface area contributed by atoms with Gasteiger partial charge in [0.15, 0.2) is 0 Å². The van der Waals surface area contributed by atoms with Crippen LogP contribution in [0.3, 0.4) is 0 Å². The molecule has 0 bridgehead atoms. The average Bonchev–Trinajstić information content (AvgIpc) is 2.60. The summed E-state index contributed by atoms with van der Waals surface area (Å²) in [5.74, 6) is 6.06. The lowest BCUT2D eigenvalue weighted by Gasteiger charge is -2.19. The van der Waals surface area contributed by atoms with Gasteiger partial charge < -0.3 is 4.90 Å². The van der Waals surface area contributed by atoms with Gasteiger partial charge in [0, 0.05) is 38.9 Å². The first-order valence-electron chi connectivity index (χ1n) is 4.87. The third-order valence-corrected chi connectivity index (χ3v) is 1.98. The van der Waals surface area contributed by atoms with Gasteiger partial charge in [-0.15, -0.1) is 0 Å². The van der Waals surface area contributed by atoms with E-state index in [2.05, 4.69) is 15.5 Å². The molecule has 0 radical (unpaired) electrons. The number of rotatable bonds is 3. The van der Waals surface area contributed by atoms with E-state index in [9.17, 15) is 0 Å². The zero-order chi connectivity index (χ0) is 11.3. The molecule has 0 fully saturated rings. The number of aliphatic imine (C=N–C) groups is 1. The molecule has 1 heterocycles. The SMILES string of the molecule is CCN=C(NN)N(C)Cc1cnn(C)c1. The minimum absolute atomic E-state index is 0.682. The van der Waals surface area contributed by atoms with Crippen LogP contribution < -0.4 is 11.3 Å². The summed E-state index contributed by atoms with van der Waals surface area (Å²) in [6.07, 6.45) is 3.80. The van der Waals surface area contributed by atoms with Crippen molar-refractivity contribution in [1.29, 1.82) is 0 Å². The van der Waals surface area contributed by atoms with Crippen LogP contribution in [-0.2, 0) is 13.6 Å². The van der Waals surface area contributed by atoms with E-state index >= 15 is 0 Å². The number of nitrogens with two attached hydrogens (primary N) is 1. The van der Waals surface area contributed by atoms with Crippen molar-refractivity contribution < 1.29 is 0 Å². The molecule has 84 valence electrons. The van der Waals surface area contributed by atoms with Gasteiger partial charge in [0.05, 0.1) is 6.20 Å². The highest BCUT2D eigenvalue weighted by Crippen LogP contribution is 2.00. The first-order valence-corrected chi connectivity index (χ1v) is 4.87. The van der Waals surface area contributed by atoms with Crippen molar-refractivity contribution in [3.63, 3.8) is 0 Å². The Morgan fingerprint density at radius 2 is 2.47 bits per heavy atom. The molecule has 0 spiro atoms. The maximum atomic E-state index is 5.38. The molecule has 6 nitrogen and oxygen atoms in total. The first-order chi connectivity index (χ1) is 7.17. The molecule has 0 aliphatic heterocycles. The summed E-state index contributed by atoms with van der Waals surface area (Å²) in [4.78, 5) is 6.17. The van der Waals surface area contributed by atoms with Crippen molar-refractivity contribution in [2.75, 3.05) is 13.6 Å². The van der Waals surface area contributed by atoms with Crippen molar-refractivity contribution in [3.05, 3.63) is 18.0 Å². The van der Waals surface area contributed by atoms with Gasteiger partial charge in [-0.25, -0.2) is 5.84 Å². The number of hydrazine groups is 1. The van der Waals surface area contributed by atoms with Crippen LogP contribution in [0.5, 0.6) is 0 Å². The molecule has 0 aromatic carbocycles. The van der Waals surface area contributed by atoms with Gasteiger partial charge in [0.1, 0.15) is 0 Å². The predicted octanol–water partition coefficient (Wildman–Crippen LogP) is -0.309. The lowest BCUT2D eigenvalue weighted by Crippen LogP contribution is -2.42. The molecule has 3 N–H and O–H groups in total. The average molecular weight is 210 g/mol. The normalized spacial score (nSPS) is 11.6. The molecule has 0 atom stereocenters. The maximum Gasteiger partial charge on any atom is 0.208 e. The largest absolute Gasteiger partial charge is 0.341 e. The van der Waals surface area contributed by atoms with Crippen LogP contribution in [0.25, 0.3) is 0 Å². The number of hydrogen-bond donors (Lipinski definition) is 2. The molecule has 15 heavy (non-hydrogen) atoms. The summed E-state index contributed by atoms with van der Waals surface area (Å²) >= 11 is 0. The number of aromatic nitrogens is 2. The Hall–Kier alpha value is -1.56. The molecule has 1 aromatic heterocycles. The van der Waals surface area contributed by atoms with Gasteiger partial charge in [-0.1, -0.05) is 0 Å². The second kappa shape index (κ2) is 5.35. The minimum atomic E-state index is 0.682. The van der Waals surface area contributed by atoms with E-state index in [1.54, 1.807) is 4.68 Å². The molecule has 0 saturated heterocycles. The highest BCUT2D eigenvalue weighted by atomic mass is 15.4. The number of guanidine groups is 1. The number of nitrogens with one attached hydrogen (secondary N) is 1. The number of aryl methyl sites for hydroxylation is 1. The van der Waals surface area contributed by atoms with Crippen LogP contribution in [-0.4, -0.2) is 34.2 Å². The third-order valence-electron chi connectivity index (χ3n) is 1.98. The molecule has 0 aliphatic rings. The molecule has 0 saturated carbocycles. The molecular weight excluding hydrogens is 192 g/mol. The Bertz CT molecular complexity index is 329. The molecular formula is C9H18N6. The Balaban J connectivity index is 2.61. The van der Waals surface area contributed by atoms with Crippen LogP contribution in [0.4, 0.5) is 0 Å². The predicted molar refractivity (Wildman–Crippen MR) is 60.0 cm³/mol. The van der Waals surface area contributed by atoms with Crippen LogP contribution in [0.2, 0.25) is 0 Å².